The molecular weight excluding hydrogens is 250 g/mol. The predicted octanol–water partition coefficient (Wildman–Crippen LogP) is 4.13. The predicted molar refractivity (Wildman–Crippen MR) is 83.5 cm³/mol. The zero-order chi connectivity index (χ0) is 15.0. The number of hydrogen-bond donors (Lipinski definition) is 1. The highest BCUT2D eigenvalue weighted by molar-refractivity contribution is 5.78. The van der Waals surface area contributed by atoms with E-state index >= 15 is 0 Å². The summed E-state index contributed by atoms with van der Waals surface area (Å²) < 4.78 is 5.47. The molecule has 0 saturated heterocycles. The second kappa shape index (κ2) is 8.62. The summed E-state index contributed by atoms with van der Waals surface area (Å²) in [5, 5.41) is 0. The maximum atomic E-state index is 12.1. The number of carbonyl (C=O) groups excluding carboxylic acids is 1. The molecule has 3 heteroatoms. The monoisotopic (exact) mass is 277 g/mol. The number of nitrogens with two attached hydrogens (primary N) is 1. The number of anilines is 1. The minimum Gasteiger partial charge on any atom is -0.465 e. The van der Waals surface area contributed by atoms with Gasteiger partial charge in [0.25, 0.3) is 0 Å². The van der Waals surface area contributed by atoms with E-state index in [0.717, 1.165) is 18.4 Å². The summed E-state index contributed by atoms with van der Waals surface area (Å²) in [6, 6.07) is 7.43. The highest BCUT2D eigenvalue weighted by atomic mass is 16.5. The molecule has 0 aromatic heterocycles. The molecule has 0 amide bonds. The summed E-state index contributed by atoms with van der Waals surface area (Å²) in [5.41, 5.74) is 7.33. The number of nitrogen functional groups attached to an aromatic ring is 1. The first-order chi connectivity index (χ1) is 9.58. The van der Waals surface area contributed by atoms with Crippen LogP contribution in [0.15, 0.2) is 24.3 Å². The molecule has 0 aliphatic carbocycles. The van der Waals surface area contributed by atoms with E-state index in [2.05, 4.69) is 13.8 Å². The molecule has 0 heterocycles. The molecule has 2 N–H and O–H groups in total. The maximum Gasteiger partial charge on any atom is 0.313 e. The molecule has 1 rings (SSSR count). The Kier molecular flexibility index (Phi) is 7.13. The van der Waals surface area contributed by atoms with Crippen LogP contribution in [0.2, 0.25) is 0 Å². The van der Waals surface area contributed by atoms with Gasteiger partial charge in [-0.25, -0.2) is 0 Å². The van der Waals surface area contributed by atoms with Crippen LogP contribution in [0.3, 0.4) is 0 Å². The molecule has 3 nitrogen and oxygen atoms in total. The Morgan fingerprint density at radius 2 is 2.10 bits per heavy atom. The Hall–Kier alpha value is -1.51. The van der Waals surface area contributed by atoms with Crippen LogP contribution in [0.5, 0.6) is 0 Å². The van der Waals surface area contributed by atoms with Gasteiger partial charge in [0.05, 0.1) is 12.5 Å². The summed E-state index contributed by atoms with van der Waals surface area (Å²) in [5.74, 6) is 0.0553. The number of unbranched alkanes of at least 4 members (excludes halogenated alkanes) is 1. The lowest BCUT2D eigenvalue weighted by molar-refractivity contribution is -0.146. The fraction of sp³-hybridized carbons (Fsp3) is 0.588. The zero-order valence-electron chi connectivity index (χ0n) is 12.9. The van der Waals surface area contributed by atoms with Crippen LogP contribution in [-0.2, 0) is 9.53 Å². The lowest BCUT2D eigenvalue weighted by atomic mass is 9.99. The third-order valence-electron chi connectivity index (χ3n) is 3.77. The minimum atomic E-state index is -0.262. The van der Waals surface area contributed by atoms with E-state index in [-0.39, 0.29) is 11.9 Å². The fourth-order valence-corrected chi connectivity index (χ4v) is 2.19. The van der Waals surface area contributed by atoms with E-state index in [0.29, 0.717) is 18.2 Å². The van der Waals surface area contributed by atoms with Gasteiger partial charge in [-0.3, -0.25) is 4.79 Å². The second-order valence-corrected chi connectivity index (χ2v) is 5.44. The summed E-state index contributed by atoms with van der Waals surface area (Å²) in [6.07, 6.45) is 4.57. The van der Waals surface area contributed by atoms with Crippen LogP contribution < -0.4 is 5.73 Å². The average molecular weight is 277 g/mol. The summed E-state index contributed by atoms with van der Waals surface area (Å²) >= 11 is 0. The first-order valence-electron chi connectivity index (χ1n) is 7.60. The van der Waals surface area contributed by atoms with Crippen LogP contribution >= 0.6 is 0 Å². The van der Waals surface area contributed by atoms with Crippen LogP contribution in [0.4, 0.5) is 5.69 Å². The van der Waals surface area contributed by atoms with Crippen molar-refractivity contribution >= 4 is 11.7 Å². The zero-order valence-corrected chi connectivity index (χ0v) is 12.9. The summed E-state index contributed by atoms with van der Waals surface area (Å²) in [7, 11) is 0. The minimum absolute atomic E-state index is 0.162. The standard InChI is InChI=1S/C17H27NO2/c1-4-6-8-14(5-2)12-20-17(19)13(3)15-9-7-10-16(18)11-15/h7,9-11,13-14H,4-6,8,12,18H2,1-3H3. The normalized spacial score (nSPS) is 13.8. The van der Waals surface area contributed by atoms with Crippen LogP contribution in [-0.4, -0.2) is 12.6 Å². The second-order valence-electron chi connectivity index (χ2n) is 5.44. The SMILES string of the molecule is CCCCC(CC)COC(=O)C(C)c1cccc(N)c1. The smallest absolute Gasteiger partial charge is 0.313 e. The van der Waals surface area contributed by atoms with Gasteiger partial charge >= 0.3 is 5.97 Å². The van der Waals surface area contributed by atoms with Crippen LogP contribution in [0.25, 0.3) is 0 Å². The van der Waals surface area contributed by atoms with Crippen molar-refractivity contribution < 1.29 is 9.53 Å². The number of ether oxygens (including phenoxy) is 1. The largest absolute Gasteiger partial charge is 0.465 e. The van der Waals surface area contributed by atoms with Crippen molar-refractivity contribution in [2.24, 2.45) is 5.92 Å². The third-order valence-corrected chi connectivity index (χ3v) is 3.77. The van der Waals surface area contributed by atoms with Gasteiger partial charge in [0.1, 0.15) is 0 Å². The molecule has 0 spiro atoms. The molecule has 0 radical (unpaired) electrons. The first-order valence-corrected chi connectivity index (χ1v) is 7.60. The van der Waals surface area contributed by atoms with E-state index in [1.807, 2.05) is 31.2 Å². The Labute approximate surface area is 122 Å². The van der Waals surface area contributed by atoms with Crippen molar-refractivity contribution in [1.29, 1.82) is 0 Å². The van der Waals surface area contributed by atoms with Crippen molar-refractivity contribution in [2.45, 2.75) is 52.4 Å². The third kappa shape index (κ3) is 5.24. The number of esters is 1. The Bertz CT molecular complexity index is 417. The molecule has 0 aliphatic rings. The first kappa shape index (κ1) is 16.5. The molecule has 0 saturated carbocycles. The molecule has 1 aromatic carbocycles. The van der Waals surface area contributed by atoms with E-state index in [9.17, 15) is 4.79 Å². The number of carbonyl (C=O) groups is 1. The molecule has 0 aliphatic heterocycles. The van der Waals surface area contributed by atoms with Crippen LogP contribution in [0.1, 0.15) is 57.9 Å². The molecule has 1 aromatic rings. The van der Waals surface area contributed by atoms with E-state index in [1.54, 1.807) is 0 Å². The quantitative estimate of drug-likeness (QED) is 0.574. The van der Waals surface area contributed by atoms with Gasteiger partial charge in [-0.1, -0.05) is 45.2 Å². The van der Waals surface area contributed by atoms with E-state index < -0.39 is 0 Å². The van der Waals surface area contributed by atoms with E-state index in [1.165, 1.54) is 12.8 Å². The molecule has 2 atom stereocenters. The van der Waals surface area contributed by atoms with Gasteiger partial charge in [0, 0.05) is 5.69 Å². The van der Waals surface area contributed by atoms with Gasteiger partial charge < -0.3 is 10.5 Å². The highest BCUT2D eigenvalue weighted by Crippen LogP contribution is 2.20. The van der Waals surface area contributed by atoms with Crippen LogP contribution in [0, 0.1) is 5.92 Å². The van der Waals surface area contributed by atoms with Crippen molar-refractivity contribution in [2.75, 3.05) is 12.3 Å². The Balaban J connectivity index is 2.49. The maximum absolute atomic E-state index is 12.1. The van der Waals surface area contributed by atoms with Gasteiger partial charge in [-0.05, 0) is 37.0 Å². The Morgan fingerprint density at radius 1 is 1.35 bits per heavy atom. The molecular formula is C17H27NO2. The fourth-order valence-electron chi connectivity index (χ4n) is 2.19. The average Bonchev–Trinajstić information content (AvgIpc) is 2.46. The topological polar surface area (TPSA) is 52.3 Å². The highest BCUT2D eigenvalue weighted by Gasteiger charge is 2.18. The lowest BCUT2D eigenvalue weighted by Crippen LogP contribution is -2.18. The lowest BCUT2D eigenvalue weighted by Gasteiger charge is -2.17. The van der Waals surface area contributed by atoms with Gasteiger partial charge in [0.2, 0.25) is 0 Å². The molecule has 0 bridgehead atoms. The molecule has 0 fully saturated rings. The van der Waals surface area contributed by atoms with E-state index in [4.69, 9.17) is 10.5 Å². The van der Waals surface area contributed by atoms with Gasteiger partial charge in [-0.15, -0.1) is 0 Å². The number of hydrogen-bond acceptors (Lipinski definition) is 3. The molecule has 20 heavy (non-hydrogen) atoms. The molecule has 2 unspecified atom stereocenters. The number of rotatable bonds is 8. The summed E-state index contributed by atoms with van der Waals surface area (Å²) in [6.45, 7) is 6.72. The molecule has 112 valence electrons. The van der Waals surface area contributed by atoms with Crippen molar-refractivity contribution in [3.63, 3.8) is 0 Å². The van der Waals surface area contributed by atoms with Crippen molar-refractivity contribution in [1.82, 2.24) is 0 Å². The Morgan fingerprint density at radius 3 is 2.70 bits per heavy atom. The van der Waals surface area contributed by atoms with Gasteiger partial charge in [0.15, 0.2) is 0 Å². The number of benzene rings is 1. The van der Waals surface area contributed by atoms with Gasteiger partial charge in [-0.2, -0.15) is 0 Å². The summed E-state index contributed by atoms with van der Waals surface area (Å²) in [4.78, 5) is 12.1. The van der Waals surface area contributed by atoms with Crippen molar-refractivity contribution in [3.05, 3.63) is 29.8 Å². The van der Waals surface area contributed by atoms with Crippen molar-refractivity contribution in [3.8, 4) is 0 Å².